The van der Waals surface area contributed by atoms with Gasteiger partial charge in [0.25, 0.3) is 5.91 Å². The van der Waals surface area contributed by atoms with Crippen LogP contribution in [0.4, 0.5) is 5.13 Å². The number of thiophene rings is 1. The van der Waals surface area contributed by atoms with E-state index in [1.54, 1.807) is 12.0 Å². The van der Waals surface area contributed by atoms with Gasteiger partial charge in [0.15, 0.2) is 5.13 Å². The van der Waals surface area contributed by atoms with Crippen LogP contribution in [0.15, 0.2) is 42.5 Å². The minimum atomic E-state index is -0.136. The Kier molecular flexibility index (Phi) is 5.37. The van der Waals surface area contributed by atoms with Crippen molar-refractivity contribution in [1.29, 1.82) is 0 Å². The lowest BCUT2D eigenvalue weighted by molar-refractivity contribution is 0.0921. The maximum atomic E-state index is 13.7. The lowest BCUT2D eigenvalue weighted by Crippen LogP contribution is -2.37. The van der Waals surface area contributed by atoms with Crippen molar-refractivity contribution in [2.45, 2.75) is 18.9 Å². The van der Waals surface area contributed by atoms with E-state index in [-0.39, 0.29) is 12.0 Å². The zero-order chi connectivity index (χ0) is 20.7. The second-order valence-corrected chi connectivity index (χ2v) is 9.56. The lowest BCUT2D eigenvalue weighted by Gasteiger charge is -2.22. The van der Waals surface area contributed by atoms with Crippen LogP contribution in [-0.4, -0.2) is 37.3 Å². The topological polar surface area (TPSA) is 51.7 Å². The molecule has 5 rings (SSSR count). The Labute approximate surface area is 186 Å². The standard InChI is InChI=1S/C22H19ClN2O3S2/c1-27-13-8-9-18-16(11-13)24-22(30-18)25(12-14-5-4-10-28-14)21(26)20-19(23)15-6-2-3-7-17(15)29-20/h2-3,6-9,11,14H,4-5,10,12H2,1H3. The summed E-state index contributed by atoms with van der Waals surface area (Å²) < 4.78 is 13.1. The Hall–Kier alpha value is -2.19. The van der Waals surface area contributed by atoms with Crippen LogP contribution < -0.4 is 9.64 Å². The van der Waals surface area contributed by atoms with Gasteiger partial charge >= 0.3 is 0 Å². The molecule has 5 nitrogen and oxygen atoms in total. The van der Waals surface area contributed by atoms with Gasteiger partial charge in [-0.25, -0.2) is 4.98 Å². The Morgan fingerprint density at radius 1 is 1.27 bits per heavy atom. The monoisotopic (exact) mass is 458 g/mol. The summed E-state index contributed by atoms with van der Waals surface area (Å²) in [7, 11) is 1.63. The van der Waals surface area contributed by atoms with Gasteiger partial charge in [0, 0.05) is 22.8 Å². The molecule has 30 heavy (non-hydrogen) atoms. The number of benzene rings is 2. The van der Waals surface area contributed by atoms with Crippen LogP contribution in [0.5, 0.6) is 5.75 Å². The Bertz CT molecular complexity index is 1230. The second kappa shape index (κ2) is 8.15. The van der Waals surface area contributed by atoms with Crippen molar-refractivity contribution in [3.63, 3.8) is 0 Å². The molecule has 154 valence electrons. The Morgan fingerprint density at radius 2 is 2.13 bits per heavy atom. The van der Waals surface area contributed by atoms with Gasteiger partial charge in [-0.2, -0.15) is 0 Å². The van der Waals surface area contributed by atoms with Crippen molar-refractivity contribution >= 4 is 65.6 Å². The van der Waals surface area contributed by atoms with E-state index >= 15 is 0 Å². The number of hydrogen-bond acceptors (Lipinski definition) is 6. The van der Waals surface area contributed by atoms with Gasteiger partial charge in [-0.1, -0.05) is 41.1 Å². The van der Waals surface area contributed by atoms with Crippen molar-refractivity contribution in [3.05, 3.63) is 52.4 Å². The average molecular weight is 459 g/mol. The minimum absolute atomic E-state index is 0.00338. The number of hydrogen-bond donors (Lipinski definition) is 0. The van der Waals surface area contributed by atoms with E-state index in [0.29, 0.717) is 21.6 Å². The number of nitrogens with zero attached hydrogens (tertiary/aromatic N) is 2. The van der Waals surface area contributed by atoms with Gasteiger partial charge in [0.1, 0.15) is 10.6 Å². The van der Waals surface area contributed by atoms with Crippen LogP contribution in [0.2, 0.25) is 5.02 Å². The van der Waals surface area contributed by atoms with E-state index in [2.05, 4.69) is 0 Å². The predicted octanol–water partition coefficient (Wildman–Crippen LogP) is 6.00. The van der Waals surface area contributed by atoms with E-state index in [1.807, 2.05) is 42.5 Å². The molecule has 1 fully saturated rings. The van der Waals surface area contributed by atoms with Crippen LogP contribution >= 0.6 is 34.3 Å². The fourth-order valence-electron chi connectivity index (χ4n) is 3.65. The average Bonchev–Trinajstić information content (AvgIpc) is 3.50. The third kappa shape index (κ3) is 3.56. The molecule has 1 amide bonds. The first kappa shape index (κ1) is 19.8. The van der Waals surface area contributed by atoms with Crippen LogP contribution in [0, 0.1) is 0 Å². The maximum Gasteiger partial charge on any atom is 0.271 e. The Morgan fingerprint density at radius 3 is 2.90 bits per heavy atom. The number of thiazole rings is 1. The van der Waals surface area contributed by atoms with E-state index < -0.39 is 0 Å². The van der Waals surface area contributed by atoms with Crippen LogP contribution in [0.3, 0.4) is 0 Å². The molecule has 0 aliphatic carbocycles. The van der Waals surface area contributed by atoms with Gasteiger partial charge in [0.2, 0.25) is 0 Å². The number of aromatic nitrogens is 1. The SMILES string of the molecule is COc1ccc2sc(N(CC3CCCO3)C(=O)c3sc4ccccc4c3Cl)nc2c1. The zero-order valence-corrected chi connectivity index (χ0v) is 18.6. The number of amides is 1. The number of halogens is 1. The number of methoxy groups -OCH3 is 1. The van der Waals surface area contributed by atoms with Gasteiger partial charge in [-0.15, -0.1) is 11.3 Å². The van der Waals surface area contributed by atoms with E-state index in [9.17, 15) is 4.79 Å². The molecule has 1 aliphatic heterocycles. The molecule has 1 unspecified atom stereocenters. The number of ether oxygens (including phenoxy) is 2. The van der Waals surface area contributed by atoms with Crippen LogP contribution in [0.25, 0.3) is 20.3 Å². The summed E-state index contributed by atoms with van der Waals surface area (Å²) in [6, 6.07) is 13.6. The summed E-state index contributed by atoms with van der Waals surface area (Å²) in [5, 5.41) is 2.05. The summed E-state index contributed by atoms with van der Waals surface area (Å²) in [4.78, 5) is 20.7. The Balaban J connectivity index is 1.57. The van der Waals surface area contributed by atoms with Gasteiger partial charge < -0.3 is 9.47 Å². The van der Waals surface area contributed by atoms with E-state index in [0.717, 1.165) is 45.5 Å². The molecule has 1 aliphatic rings. The van der Waals surface area contributed by atoms with Crippen LogP contribution in [-0.2, 0) is 4.74 Å². The molecule has 0 radical (unpaired) electrons. The third-order valence-electron chi connectivity index (χ3n) is 5.20. The number of fused-ring (bicyclic) bond motifs is 2. The highest BCUT2D eigenvalue weighted by Gasteiger charge is 2.30. The first-order chi connectivity index (χ1) is 14.6. The molecule has 2 aromatic heterocycles. The molecule has 0 saturated carbocycles. The van der Waals surface area contributed by atoms with Gasteiger partial charge in [-0.05, 0) is 31.0 Å². The largest absolute Gasteiger partial charge is 0.497 e. The van der Waals surface area contributed by atoms with E-state index in [1.165, 1.54) is 22.7 Å². The fourth-order valence-corrected chi connectivity index (χ4v) is 6.07. The molecule has 8 heteroatoms. The smallest absolute Gasteiger partial charge is 0.271 e. The molecule has 0 bridgehead atoms. The number of carbonyl (C=O) groups is 1. The second-order valence-electron chi connectivity index (χ2n) is 7.12. The van der Waals surface area contributed by atoms with Crippen LogP contribution in [0.1, 0.15) is 22.5 Å². The molecule has 2 aromatic carbocycles. The van der Waals surface area contributed by atoms with Gasteiger partial charge in [0.05, 0.1) is 35.0 Å². The summed E-state index contributed by atoms with van der Waals surface area (Å²) in [6.45, 7) is 1.19. The highest BCUT2D eigenvalue weighted by atomic mass is 35.5. The van der Waals surface area contributed by atoms with Crippen molar-refractivity contribution in [2.75, 3.05) is 25.2 Å². The number of carbonyl (C=O) groups excluding carboxylic acids is 1. The molecular weight excluding hydrogens is 440 g/mol. The van der Waals surface area contributed by atoms with Gasteiger partial charge in [-0.3, -0.25) is 9.69 Å². The predicted molar refractivity (Wildman–Crippen MR) is 124 cm³/mol. The first-order valence-corrected chi connectivity index (χ1v) is 11.7. The molecule has 3 heterocycles. The third-order valence-corrected chi connectivity index (χ3v) is 7.92. The molecule has 1 atom stereocenters. The number of rotatable bonds is 5. The molecule has 1 saturated heterocycles. The summed E-state index contributed by atoms with van der Waals surface area (Å²) in [5.41, 5.74) is 0.807. The molecule has 0 N–H and O–H groups in total. The molecular formula is C22H19ClN2O3S2. The summed E-state index contributed by atoms with van der Waals surface area (Å²) in [5.74, 6) is 0.603. The minimum Gasteiger partial charge on any atom is -0.497 e. The molecule has 0 spiro atoms. The highest BCUT2D eigenvalue weighted by molar-refractivity contribution is 7.23. The van der Waals surface area contributed by atoms with E-state index in [4.69, 9.17) is 26.1 Å². The zero-order valence-electron chi connectivity index (χ0n) is 16.3. The lowest BCUT2D eigenvalue weighted by atomic mass is 10.2. The van der Waals surface area contributed by atoms with Crippen molar-refractivity contribution in [2.24, 2.45) is 0 Å². The number of anilines is 1. The van der Waals surface area contributed by atoms with Crippen molar-refractivity contribution in [3.8, 4) is 5.75 Å². The maximum absolute atomic E-state index is 13.7. The highest BCUT2D eigenvalue weighted by Crippen LogP contribution is 2.38. The molecule has 4 aromatic rings. The summed E-state index contributed by atoms with van der Waals surface area (Å²) in [6.07, 6.45) is 1.94. The summed E-state index contributed by atoms with van der Waals surface area (Å²) >= 11 is 9.52. The van der Waals surface area contributed by atoms with Crippen molar-refractivity contribution in [1.82, 2.24) is 4.98 Å². The fraction of sp³-hybridized carbons (Fsp3) is 0.273. The normalized spacial score (nSPS) is 16.4. The quantitative estimate of drug-likeness (QED) is 0.368. The van der Waals surface area contributed by atoms with Crippen molar-refractivity contribution < 1.29 is 14.3 Å². The first-order valence-electron chi connectivity index (χ1n) is 9.69.